The predicted molar refractivity (Wildman–Crippen MR) is 77.4 cm³/mol. The SMILES string of the molecule is CC(NC(=O)CC1COCCN1)c1ccc(F)c(F)c1.Cl. The van der Waals surface area contributed by atoms with Crippen LogP contribution in [0.3, 0.4) is 0 Å². The molecule has 2 unspecified atom stereocenters. The van der Waals surface area contributed by atoms with Crippen LogP contribution in [0.1, 0.15) is 24.9 Å². The van der Waals surface area contributed by atoms with Gasteiger partial charge in [0, 0.05) is 19.0 Å². The lowest BCUT2D eigenvalue weighted by molar-refractivity contribution is -0.122. The van der Waals surface area contributed by atoms with Crippen LogP contribution in [0.2, 0.25) is 0 Å². The molecule has 1 aliphatic heterocycles. The third kappa shape index (κ3) is 5.22. The Labute approximate surface area is 128 Å². The molecule has 118 valence electrons. The van der Waals surface area contributed by atoms with Gasteiger partial charge in [-0.1, -0.05) is 6.07 Å². The summed E-state index contributed by atoms with van der Waals surface area (Å²) in [5.74, 6) is -1.95. The monoisotopic (exact) mass is 320 g/mol. The Kier molecular flexibility index (Phi) is 7.01. The van der Waals surface area contributed by atoms with Crippen LogP contribution in [0, 0.1) is 11.6 Å². The van der Waals surface area contributed by atoms with E-state index in [2.05, 4.69) is 10.6 Å². The minimum Gasteiger partial charge on any atom is -0.378 e. The van der Waals surface area contributed by atoms with Crippen LogP contribution in [0.5, 0.6) is 0 Å². The topological polar surface area (TPSA) is 50.4 Å². The molecule has 7 heteroatoms. The largest absolute Gasteiger partial charge is 0.378 e. The molecule has 0 aliphatic carbocycles. The molecule has 1 heterocycles. The summed E-state index contributed by atoms with van der Waals surface area (Å²) in [4.78, 5) is 11.9. The van der Waals surface area contributed by atoms with E-state index in [-0.39, 0.29) is 30.4 Å². The molecule has 2 N–H and O–H groups in total. The first-order valence-electron chi connectivity index (χ1n) is 6.61. The molecule has 0 spiro atoms. The molecule has 0 aromatic heterocycles. The Morgan fingerprint density at radius 1 is 1.48 bits per heavy atom. The van der Waals surface area contributed by atoms with Crippen LogP contribution in [0.4, 0.5) is 8.78 Å². The zero-order valence-corrected chi connectivity index (χ0v) is 12.5. The van der Waals surface area contributed by atoms with Crippen molar-refractivity contribution in [2.45, 2.75) is 25.4 Å². The molecule has 1 aliphatic rings. The minimum atomic E-state index is -0.911. The molecular weight excluding hydrogens is 302 g/mol. The molecule has 1 aromatic carbocycles. The smallest absolute Gasteiger partial charge is 0.222 e. The number of halogens is 3. The molecule has 0 radical (unpaired) electrons. The highest BCUT2D eigenvalue weighted by Gasteiger charge is 2.18. The number of hydrogen-bond donors (Lipinski definition) is 2. The second-order valence-corrected chi connectivity index (χ2v) is 4.89. The quantitative estimate of drug-likeness (QED) is 0.891. The van der Waals surface area contributed by atoms with Crippen molar-refractivity contribution in [2.24, 2.45) is 0 Å². The number of benzene rings is 1. The number of rotatable bonds is 4. The van der Waals surface area contributed by atoms with Gasteiger partial charge in [-0.25, -0.2) is 8.78 Å². The highest BCUT2D eigenvalue weighted by molar-refractivity contribution is 5.85. The highest BCUT2D eigenvalue weighted by atomic mass is 35.5. The molecule has 2 atom stereocenters. The molecule has 1 amide bonds. The van der Waals surface area contributed by atoms with Gasteiger partial charge >= 0.3 is 0 Å². The second-order valence-electron chi connectivity index (χ2n) is 4.89. The average Bonchev–Trinajstić information content (AvgIpc) is 2.42. The van der Waals surface area contributed by atoms with Crippen molar-refractivity contribution >= 4 is 18.3 Å². The standard InChI is InChI=1S/C14H18F2N2O2.ClH/c1-9(10-2-3-12(15)13(16)6-10)18-14(19)7-11-8-20-5-4-17-11;/h2-3,6,9,11,17H,4-5,7-8H2,1H3,(H,18,19);1H. The van der Waals surface area contributed by atoms with E-state index in [0.29, 0.717) is 25.2 Å². The van der Waals surface area contributed by atoms with Crippen molar-refractivity contribution in [3.8, 4) is 0 Å². The summed E-state index contributed by atoms with van der Waals surface area (Å²) in [6, 6.07) is 3.25. The molecule has 1 aromatic rings. The molecule has 4 nitrogen and oxygen atoms in total. The molecule has 0 bridgehead atoms. The van der Waals surface area contributed by atoms with Crippen LogP contribution < -0.4 is 10.6 Å². The van der Waals surface area contributed by atoms with Crippen LogP contribution in [0.15, 0.2) is 18.2 Å². The molecule has 2 rings (SSSR count). The van der Waals surface area contributed by atoms with Gasteiger partial charge in [0.1, 0.15) is 0 Å². The third-order valence-corrected chi connectivity index (χ3v) is 3.25. The lowest BCUT2D eigenvalue weighted by atomic mass is 10.1. The molecular formula is C14H19ClF2N2O2. The number of hydrogen-bond acceptors (Lipinski definition) is 3. The van der Waals surface area contributed by atoms with Crippen LogP contribution in [-0.2, 0) is 9.53 Å². The van der Waals surface area contributed by atoms with Crippen molar-refractivity contribution in [3.05, 3.63) is 35.4 Å². The third-order valence-electron chi connectivity index (χ3n) is 3.25. The fourth-order valence-electron chi connectivity index (χ4n) is 2.14. The Bertz CT molecular complexity index is 482. The summed E-state index contributed by atoms with van der Waals surface area (Å²) < 4.78 is 31.3. The van der Waals surface area contributed by atoms with Gasteiger partial charge < -0.3 is 15.4 Å². The van der Waals surface area contributed by atoms with E-state index in [4.69, 9.17) is 4.74 Å². The zero-order chi connectivity index (χ0) is 14.5. The van der Waals surface area contributed by atoms with Crippen molar-refractivity contribution in [1.29, 1.82) is 0 Å². The summed E-state index contributed by atoms with van der Waals surface area (Å²) in [5, 5.41) is 5.95. The summed E-state index contributed by atoms with van der Waals surface area (Å²) >= 11 is 0. The lowest BCUT2D eigenvalue weighted by Gasteiger charge is -2.24. The number of morpholine rings is 1. The summed E-state index contributed by atoms with van der Waals surface area (Å²) in [5.41, 5.74) is 0.533. The van der Waals surface area contributed by atoms with Crippen molar-refractivity contribution < 1.29 is 18.3 Å². The fourth-order valence-corrected chi connectivity index (χ4v) is 2.14. The van der Waals surface area contributed by atoms with Crippen molar-refractivity contribution in [3.63, 3.8) is 0 Å². The minimum absolute atomic E-state index is 0. The van der Waals surface area contributed by atoms with Gasteiger partial charge in [0.25, 0.3) is 0 Å². The number of amides is 1. The summed E-state index contributed by atoms with van der Waals surface area (Å²) in [7, 11) is 0. The maximum Gasteiger partial charge on any atom is 0.222 e. The number of ether oxygens (including phenoxy) is 1. The first kappa shape index (κ1) is 17.8. The Balaban J connectivity index is 0.00000220. The number of carbonyl (C=O) groups is 1. The van der Waals surface area contributed by atoms with Gasteiger partial charge in [0.2, 0.25) is 5.91 Å². The first-order chi connectivity index (χ1) is 9.56. The predicted octanol–water partition coefficient (Wildman–Crippen LogP) is 1.94. The van der Waals surface area contributed by atoms with E-state index in [1.54, 1.807) is 6.92 Å². The second kappa shape index (κ2) is 8.26. The summed E-state index contributed by atoms with van der Waals surface area (Å²) in [6.45, 7) is 3.63. The van der Waals surface area contributed by atoms with Gasteiger partial charge in [0.05, 0.1) is 19.3 Å². The Morgan fingerprint density at radius 2 is 2.24 bits per heavy atom. The van der Waals surface area contributed by atoms with Crippen LogP contribution in [-0.4, -0.2) is 31.7 Å². The van der Waals surface area contributed by atoms with E-state index < -0.39 is 11.6 Å². The van der Waals surface area contributed by atoms with Gasteiger partial charge in [-0.3, -0.25) is 4.79 Å². The van der Waals surface area contributed by atoms with E-state index in [1.807, 2.05) is 0 Å². The fraction of sp³-hybridized carbons (Fsp3) is 0.500. The normalized spacial score (nSPS) is 19.5. The molecule has 1 fully saturated rings. The lowest BCUT2D eigenvalue weighted by Crippen LogP contribution is -2.44. The zero-order valence-electron chi connectivity index (χ0n) is 11.7. The Morgan fingerprint density at radius 3 is 2.86 bits per heavy atom. The number of nitrogens with one attached hydrogen (secondary N) is 2. The van der Waals surface area contributed by atoms with Crippen LogP contribution >= 0.6 is 12.4 Å². The van der Waals surface area contributed by atoms with Gasteiger partial charge in [-0.15, -0.1) is 12.4 Å². The van der Waals surface area contributed by atoms with Gasteiger partial charge in [0.15, 0.2) is 11.6 Å². The maximum atomic E-state index is 13.1. The average molecular weight is 321 g/mol. The van der Waals surface area contributed by atoms with Crippen LogP contribution in [0.25, 0.3) is 0 Å². The van der Waals surface area contributed by atoms with Crippen molar-refractivity contribution in [2.75, 3.05) is 19.8 Å². The van der Waals surface area contributed by atoms with E-state index in [1.165, 1.54) is 6.07 Å². The molecule has 0 saturated carbocycles. The van der Waals surface area contributed by atoms with E-state index in [0.717, 1.165) is 18.7 Å². The highest BCUT2D eigenvalue weighted by Crippen LogP contribution is 2.16. The van der Waals surface area contributed by atoms with E-state index in [9.17, 15) is 13.6 Å². The first-order valence-corrected chi connectivity index (χ1v) is 6.61. The molecule has 21 heavy (non-hydrogen) atoms. The van der Waals surface area contributed by atoms with Gasteiger partial charge in [-0.2, -0.15) is 0 Å². The molecule has 1 saturated heterocycles. The maximum absolute atomic E-state index is 13.1. The summed E-state index contributed by atoms with van der Waals surface area (Å²) in [6.07, 6.45) is 0.300. The van der Waals surface area contributed by atoms with E-state index >= 15 is 0 Å². The Hall–Kier alpha value is -1.24. The number of carbonyl (C=O) groups excluding carboxylic acids is 1. The van der Waals surface area contributed by atoms with Gasteiger partial charge in [-0.05, 0) is 24.6 Å². The van der Waals surface area contributed by atoms with Crippen molar-refractivity contribution in [1.82, 2.24) is 10.6 Å².